The van der Waals surface area contributed by atoms with Crippen molar-refractivity contribution in [3.8, 4) is 11.5 Å². The molecule has 0 spiro atoms. The molecule has 1 amide bonds. The van der Waals surface area contributed by atoms with Crippen molar-refractivity contribution in [2.75, 3.05) is 46.5 Å². The van der Waals surface area contributed by atoms with Crippen molar-refractivity contribution in [2.24, 2.45) is 0 Å². The van der Waals surface area contributed by atoms with Gasteiger partial charge < -0.3 is 24.2 Å². The fourth-order valence-electron chi connectivity index (χ4n) is 4.09. The van der Waals surface area contributed by atoms with Crippen LogP contribution < -0.4 is 9.47 Å². The summed E-state index contributed by atoms with van der Waals surface area (Å²) in [7, 11) is 1.63. The second kappa shape index (κ2) is 12.5. The van der Waals surface area contributed by atoms with Crippen molar-refractivity contribution >= 4 is 17.2 Å². The Morgan fingerprint density at radius 1 is 1.29 bits per heavy atom. The van der Waals surface area contributed by atoms with Gasteiger partial charge in [0, 0.05) is 24.5 Å². The van der Waals surface area contributed by atoms with E-state index in [2.05, 4.69) is 18.0 Å². The molecule has 2 atom stereocenters. The third kappa shape index (κ3) is 8.07. The second-order valence-corrected chi connectivity index (χ2v) is 10.7. The number of thiophene rings is 1. The van der Waals surface area contributed by atoms with Gasteiger partial charge in [0.15, 0.2) is 0 Å². The van der Waals surface area contributed by atoms with Crippen LogP contribution in [0.2, 0.25) is 0 Å². The Balaban J connectivity index is 1.67. The van der Waals surface area contributed by atoms with Gasteiger partial charge in [0.05, 0.1) is 38.0 Å². The van der Waals surface area contributed by atoms with Gasteiger partial charge in [0.2, 0.25) is 5.91 Å². The summed E-state index contributed by atoms with van der Waals surface area (Å²) >= 11 is 1.73. The number of carbonyl (C=O) groups is 1. The predicted octanol–water partition coefficient (Wildman–Crippen LogP) is 3.93. The molecule has 0 bridgehead atoms. The monoisotopic (exact) mass is 502 g/mol. The number of fused-ring (bicyclic) bond motifs is 1. The molecule has 1 aliphatic rings. The molecule has 0 unspecified atom stereocenters. The number of ether oxygens (including phenoxy) is 3. The van der Waals surface area contributed by atoms with Gasteiger partial charge >= 0.3 is 0 Å². The van der Waals surface area contributed by atoms with Crippen LogP contribution in [0.4, 0.5) is 0 Å². The summed E-state index contributed by atoms with van der Waals surface area (Å²) in [4.78, 5) is 18.6. The molecule has 7 nitrogen and oxygen atoms in total. The summed E-state index contributed by atoms with van der Waals surface area (Å²) in [5.74, 6) is 1.51. The minimum atomic E-state index is -0.694. The number of hydrogen-bond acceptors (Lipinski definition) is 7. The van der Waals surface area contributed by atoms with Gasteiger partial charge in [-0.3, -0.25) is 9.69 Å². The van der Waals surface area contributed by atoms with Crippen molar-refractivity contribution < 1.29 is 24.1 Å². The Kier molecular flexibility index (Phi) is 9.74. The molecule has 2 heterocycles. The Hall–Kier alpha value is -2.39. The number of rotatable bonds is 12. The number of benzene rings is 1. The molecule has 1 aliphatic heterocycles. The Bertz CT molecular complexity index is 953. The molecular weight excluding hydrogens is 464 g/mol. The standard InChI is InChI=1S/C27H38N2O5S/c1-6-13-28(16-20(30)18-34-27(2,3)4)17-26(31)29-14-11-25-23(12-15-35-25)24(29)19-33-22-9-7-21(32-5)8-10-22/h6-10,12,15,20,24,30H,1,11,13-14,16-19H2,2-5H3/t20-,24-/m1/s1. The summed E-state index contributed by atoms with van der Waals surface area (Å²) in [6, 6.07) is 9.38. The maximum atomic E-state index is 13.5. The zero-order chi connectivity index (χ0) is 25.4. The van der Waals surface area contributed by atoms with E-state index < -0.39 is 6.10 Å². The Morgan fingerprint density at radius 2 is 2.00 bits per heavy atom. The van der Waals surface area contributed by atoms with Gasteiger partial charge in [-0.25, -0.2) is 0 Å². The number of amides is 1. The second-order valence-electron chi connectivity index (χ2n) is 9.70. The average molecular weight is 503 g/mol. The van der Waals surface area contributed by atoms with E-state index in [0.717, 1.165) is 23.5 Å². The number of hydrogen-bond donors (Lipinski definition) is 1. The van der Waals surface area contributed by atoms with E-state index >= 15 is 0 Å². The third-order valence-corrected chi connectivity index (χ3v) is 6.80. The van der Waals surface area contributed by atoms with E-state index in [9.17, 15) is 9.90 Å². The zero-order valence-corrected chi connectivity index (χ0v) is 22.1. The van der Waals surface area contributed by atoms with Crippen molar-refractivity contribution in [3.63, 3.8) is 0 Å². The maximum absolute atomic E-state index is 13.5. The molecule has 35 heavy (non-hydrogen) atoms. The van der Waals surface area contributed by atoms with Crippen LogP contribution in [0.25, 0.3) is 0 Å². The molecule has 2 aromatic rings. The van der Waals surface area contributed by atoms with Crippen LogP contribution in [0.15, 0.2) is 48.4 Å². The first-order valence-electron chi connectivity index (χ1n) is 12.0. The summed E-state index contributed by atoms with van der Waals surface area (Å²) < 4.78 is 17.0. The molecule has 0 radical (unpaired) electrons. The fourth-order valence-corrected chi connectivity index (χ4v) is 5.02. The van der Waals surface area contributed by atoms with Crippen LogP contribution in [0.1, 0.15) is 37.3 Å². The smallest absolute Gasteiger partial charge is 0.237 e. The first-order chi connectivity index (χ1) is 16.7. The molecule has 192 valence electrons. The van der Waals surface area contributed by atoms with Crippen LogP contribution in [-0.2, 0) is 16.0 Å². The van der Waals surface area contributed by atoms with E-state index in [-0.39, 0.29) is 30.7 Å². The quantitative estimate of drug-likeness (QED) is 0.444. The van der Waals surface area contributed by atoms with Gasteiger partial charge in [-0.1, -0.05) is 6.08 Å². The van der Waals surface area contributed by atoms with Gasteiger partial charge in [0.1, 0.15) is 18.1 Å². The topological polar surface area (TPSA) is 71.5 Å². The molecule has 0 saturated carbocycles. The van der Waals surface area contributed by atoms with Gasteiger partial charge in [0.25, 0.3) is 0 Å². The number of carbonyl (C=O) groups excluding carboxylic acids is 1. The zero-order valence-electron chi connectivity index (χ0n) is 21.2. The van der Waals surface area contributed by atoms with Crippen molar-refractivity contribution in [1.82, 2.24) is 9.80 Å². The van der Waals surface area contributed by atoms with Gasteiger partial charge in [-0.05, 0) is 68.5 Å². The van der Waals surface area contributed by atoms with Crippen LogP contribution >= 0.6 is 11.3 Å². The van der Waals surface area contributed by atoms with Crippen LogP contribution in [0.5, 0.6) is 11.5 Å². The molecule has 1 aromatic carbocycles. The summed E-state index contributed by atoms with van der Waals surface area (Å²) in [5, 5.41) is 12.6. The first kappa shape index (κ1) is 27.2. The highest BCUT2D eigenvalue weighted by atomic mass is 32.1. The lowest BCUT2D eigenvalue weighted by molar-refractivity contribution is -0.136. The Labute approximate surface area is 212 Å². The predicted molar refractivity (Wildman–Crippen MR) is 139 cm³/mol. The number of methoxy groups -OCH3 is 1. The van der Waals surface area contributed by atoms with Gasteiger partial charge in [-0.15, -0.1) is 17.9 Å². The molecule has 0 fully saturated rings. The SMILES string of the molecule is C=CCN(CC(=O)N1CCc2sccc2[C@H]1COc1ccc(OC)cc1)C[C@@H](O)COC(C)(C)C. The molecule has 0 saturated heterocycles. The van der Waals surface area contributed by atoms with E-state index in [1.807, 2.05) is 54.8 Å². The number of aliphatic hydroxyl groups excluding tert-OH is 1. The minimum Gasteiger partial charge on any atom is -0.497 e. The molecule has 0 aliphatic carbocycles. The third-order valence-electron chi connectivity index (χ3n) is 5.81. The van der Waals surface area contributed by atoms with Crippen LogP contribution in [0.3, 0.4) is 0 Å². The number of nitrogens with zero attached hydrogens (tertiary/aromatic N) is 2. The highest BCUT2D eigenvalue weighted by molar-refractivity contribution is 7.10. The van der Waals surface area contributed by atoms with E-state index in [1.165, 1.54) is 4.88 Å². The van der Waals surface area contributed by atoms with E-state index in [1.54, 1.807) is 24.5 Å². The van der Waals surface area contributed by atoms with Crippen molar-refractivity contribution in [3.05, 3.63) is 58.8 Å². The highest BCUT2D eigenvalue weighted by Crippen LogP contribution is 2.34. The minimum absolute atomic E-state index is 0.0102. The number of aliphatic hydroxyl groups is 1. The normalized spacial score (nSPS) is 16.6. The fraction of sp³-hybridized carbons (Fsp3) is 0.519. The molecule has 1 N–H and O–H groups in total. The lowest BCUT2D eigenvalue weighted by Gasteiger charge is -2.37. The molecule has 3 rings (SSSR count). The van der Waals surface area contributed by atoms with E-state index in [4.69, 9.17) is 14.2 Å². The van der Waals surface area contributed by atoms with Crippen LogP contribution in [-0.4, -0.2) is 79.0 Å². The largest absolute Gasteiger partial charge is 0.497 e. The summed E-state index contributed by atoms with van der Waals surface area (Å²) in [6.45, 7) is 11.9. The van der Waals surface area contributed by atoms with Crippen molar-refractivity contribution in [1.29, 1.82) is 0 Å². The Morgan fingerprint density at radius 3 is 2.66 bits per heavy atom. The van der Waals surface area contributed by atoms with Crippen LogP contribution in [0, 0.1) is 0 Å². The molecular formula is C27H38N2O5S. The lowest BCUT2D eigenvalue weighted by atomic mass is 10.0. The highest BCUT2D eigenvalue weighted by Gasteiger charge is 2.33. The summed E-state index contributed by atoms with van der Waals surface area (Å²) in [6.07, 6.45) is 1.89. The van der Waals surface area contributed by atoms with E-state index in [0.29, 0.717) is 26.2 Å². The summed E-state index contributed by atoms with van der Waals surface area (Å²) in [5.41, 5.74) is 0.820. The maximum Gasteiger partial charge on any atom is 0.237 e. The molecule has 8 heteroatoms. The van der Waals surface area contributed by atoms with Gasteiger partial charge in [-0.2, -0.15) is 0 Å². The van der Waals surface area contributed by atoms with Crippen molar-refractivity contribution in [2.45, 2.75) is 44.9 Å². The first-order valence-corrected chi connectivity index (χ1v) is 12.9. The lowest BCUT2D eigenvalue weighted by Crippen LogP contribution is -2.48. The molecule has 1 aromatic heterocycles. The average Bonchev–Trinajstić information content (AvgIpc) is 3.30.